The van der Waals surface area contributed by atoms with Crippen molar-refractivity contribution < 1.29 is 9.84 Å². The normalized spacial score (nSPS) is 18.7. The third kappa shape index (κ3) is 9.71. The quantitative estimate of drug-likeness (QED) is 0.226. The van der Waals surface area contributed by atoms with Crippen LogP contribution in [0, 0.1) is 0 Å². The van der Waals surface area contributed by atoms with E-state index in [1.807, 2.05) is 0 Å². The van der Waals surface area contributed by atoms with Crippen LogP contribution >= 0.6 is 24.0 Å². The van der Waals surface area contributed by atoms with Crippen molar-refractivity contribution in [1.82, 2.24) is 15.5 Å². The number of aliphatic hydroxyl groups is 1. The van der Waals surface area contributed by atoms with Gasteiger partial charge in [0.1, 0.15) is 0 Å². The van der Waals surface area contributed by atoms with Gasteiger partial charge in [-0.15, -0.1) is 24.0 Å². The first-order valence-corrected chi connectivity index (χ1v) is 10.1. The Labute approximate surface area is 177 Å². The number of guanidine groups is 1. The Kier molecular flexibility index (Phi) is 14.8. The van der Waals surface area contributed by atoms with E-state index in [9.17, 15) is 5.11 Å². The molecule has 0 saturated carbocycles. The maximum atomic E-state index is 10.8. The smallest absolute Gasteiger partial charge is 0.191 e. The standard InChI is InChI=1S/C19H40N4O2.HI/c1-5-10-19(24,11-6-2)16-22-18(20-7-3)21-15-17-9-8-12-23(17)13-14-25-4;/h17,24H,5-16H2,1-4H3,(H2,20,21,22);1H. The zero-order valence-corrected chi connectivity index (χ0v) is 19.6. The summed E-state index contributed by atoms with van der Waals surface area (Å²) in [5.41, 5.74) is -0.677. The molecule has 1 saturated heterocycles. The van der Waals surface area contributed by atoms with Gasteiger partial charge < -0.3 is 20.5 Å². The van der Waals surface area contributed by atoms with Gasteiger partial charge in [0.15, 0.2) is 5.96 Å². The fourth-order valence-corrected chi connectivity index (χ4v) is 3.63. The van der Waals surface area contributed by atoms with Gasteiger partial charge in [-0.2, -0.15) is 0 Å². The Morgan fingerprint density at radius 3 is 2.50 bits per heavy atom. The molecule has 1 rings (SSSR count). The minimum atomic E-state index is -0.677. The van der Waals surface area contributed by atoms with E-state index >= 15 is 0 Å². The molecule has 0 aromatic carbocycles. The summed E-state index contributed by atoms with van der Waals surface area (Å²) in [6.07, 6.45) is 6.02. The number of hydrogen-bond donors (Lipinski definition) is 3. The Morgan fingerprint density at radius 1 is 1.23 bits per heavy atom. The molecule has 0 bridgehead atoms. The van der Waals surface area contributed by atoms with Gasteiger partial charge in [-0.05, 0) is 39.2 Å². The molecule has 7 heteroatoms. The molecule has 1 aliphatic heterocycles. The highest BCUT2D eigenvalue weighted by Gasteiger charge is 2.26. The van der Waals surface area contributed by atoms with E-state index in [1.165, 1.54) is 12.8 Å². The molecule has 1 atom stereocenters. The van der Waals surface area contributed by atoms with Crippen molar-refractivity contribution in [3.05, 3.63) is 0 Å². The van der Waals surface area contributed by atoms with Gasteiger partial charge in [-0.1, -0.05) is 26.7 Å². The second kappa shape index (κ2) is 14.9. The number of nitrogens with one attached hydrogen (secondary N) is 2. The predicted molar refractivity (Wildman–Crippen MR) is 121 cm³/mol. The van der Waals surface area contributed by atoms with Gasteiger partial charge in [-0.25, -0.2) is 0 Å². The van der Waals surface area contributed by atoms with Crippen LogP contribution in [-0.4, -0.2) is 74.0 Å². The van der Waals surface area contributed by atoms with E-state index in [2.05, 4.69) is 41.3 Å². The average Bonchev–Trinajstić information content (AvgIpc) is 3.03. The van der Waals surface area contributed by atoms with Crippen LogP contribution in [0.25, 0.3) is 0 Å². The van der Waals surface area contributed by atoms with Crippen molar-refractivity contribution in [3.8, 4) is 0 Å². The third-order valence-corrected chi connectivity index (χ3v) is 4.89. The fraction of sp³-hybridized carbons (Fsp3) is 0.947. The Hall–Kier alpha value is -0.120. The van der Waals surface area contributed by atoms with Gasteiger partial charge in [0, 0.05) is 32.8 Å². The lowest BCUT2D eigenvalue weighted by Gasteiger charge is -2.27. The SMILES string of the molecule is CCCC(O)(CCC)CN=C(NCC)NCC1CCCN1CCOC.I. The molecule has 1 aliphatic rings. The van der Waals surface area contributed by atoms with Crippen LogP contribution < -0.4 is 10.6 Å². The molecule has 26 heavy (non-hydrogen) atoms. The summed E-state index contributed by atoms with van der Waals surface area (Å²) >= 11 is 0. The van der Waals surface area contributed by atoms with Crippen LogP contribution in [-0.2, 0) is 4.74 Å². The first-order chi connectivity index (χ1) is 12.1. The second-order valence-electron chi connectivity index (χ2n) is 7.13. The van der Waals surface area contributed by atoms with Crippen molar-refractivity contribution >= 4 is 29.9 Å². The number of ether oxygens (including phenoxy) is 1. The van der Waals surface area contributed by atoms with Gasteiger partial charge in [0.05, 0.1) is 18.8 Å². The van der Waals surface area contributed by atoms with Crippen LogP contribution in [0.5, 0.6) is 0 Å². The van der Waals surface area contributed by atoms with Crippen LogP contribution in [0.1, 0.15) is 59.3 Å². The minimum Gasteiger partial charge on any atom is -0.388 e. The lowest BCUT2D eigenvalue weighted by molar-refractivity contribution is 0.0306. The first-order valence-electron chi connectivity index (χ1n) is 10.1. The molecule has 156 valence electrons. The monoisotopic (exact) mass is 484 g/mol. The summed E-state index contributed by atoms with van der Waals surface area (Å²) in [7, 11) is 1.76. The molecule has 1 unspecified atom stereocenters. The molecule has 0 aromatic rings. The van der Waals surface area contributed by atoms with Crippen LogP contribution in [0.3, 0.4) is 0 Å². The van der Waals surface area contributed by atoms with Gasteiger partial charge in [-0.3, -0.25) is 9.89 Å². The topological polar surface area (TPSA) is 69.1 Å². The molecule has 0 amide bonds. The molecule has 6 nitrogen and oxygen atoms in total. The van der Waals surface area contributed by atoms with Crippen molar-refractivity contribution in [3.63, 3.8) is 0 Å². The maximum Gasteiger partial charge on any atom is 0.191 e. The minimum absolute atomic E-state index is 0. The summed E-state index contributed by atoms with van der Waals surface area (Å²) in [6, 6.07) is 0.532. The number of aliphatic imine (C=N–C) groups is 1. The van der Waals surface area contributed by atoms with E-state index in [4.69, 9.17) is 4.74 Å². The van der Waals surface area contributed by atoms with Crippen molar-refractivity contribution in [2.45, 2.75) is 70.9 Å². The van der Waals surface area contributed by atoms with E-state index < -0.39 is 5.60 Å². The van der Waals surface area contributed by atoms with Gasteiger partial charge >= 0.3 is 0 Å². The molecular formula is C19H41IN4O2. The molecule has 0 aliphatic carbocycles. The Balaban J connectivity index is 0.00000625. The predicted octanol–water partition coefficient (Wildman–Crippen LogP) is 2.60. The molecule has 0 spiro atoms. The highest BCUT2D eigenvalue weighted by Crippen LogP contribution is 2.20. The number of likely N-dealkylation sites (tertiary alicyclic amines) is 1. The summed E-state index contributed by atoms with van der Waals surface area (Å²) in [6.45, 7) is 11.4. The summed E-state index contributed by atoms with van der Waals surface area (Å²) in [4.78, 5) is 7.16. The summed E-state index contributed by atoms with van der Waals surface area (Å²) in [5.74, 6) is 0.812. The number of methoxy groups -OCH3 is 1. The van der Waals surface area contributed by atoms with Gasteiger partial charge in [0.25, 0.3) is 0 Å². The largest absolute Gasteiger partial charge is 0.388 e. The fourth-order valence-electron chi connectivity index (χ4n) is 3.63. The number of hydrogen-bond acceptors (Lipinski definition) is 4. The second-order valence-corrected chi connectivity index (χ2v) is 7.13. The molecular weight excluding hydrogens is 443 g/mol. The highest BCUT2D eigenvalue weighted by molar-refractivity contribution is 14.0. The van der Waals surface area contributed by atoms with E-state index in [0.29, 0.717) is 12.6 Å². The number of rotatable bonds is 12. The maximum absolute atomic E-state index is 10.8. The van der Waals surface area contributed by atoms with Crippen molar-refractivity contribution in [2.24, 2.45) is 4.99 Å². The number of nitrogens with zero attached hydrogens (tertiary/aromatic N) is 2. The lowest BCUT2D eigenvalue weighted by atomic mass is 9.93. The summed E-state index contributed by atoms with van der Waals surface area (Å²) < 4.78 is 5.21. The van der Waals surface area contributed by atoms with Crippen molar-refractivity contribution in [2.75, 3.05) is 46.4 Å². The van der Waals surface area contributed by atoms with Crippen molar-refractivity contribution in [1.29, 1.82) is 0 Å². The third-order valence-electron chi connectivity index (χ3n) is 4.89. The molecule has 1 fully saturated rings. The van der Waals surface area contributed by atoms with E-state index in [-0.39, 0.29) is 24.0 Å². The van der Waals surface area contributed by atoms with Crippen LogP contribution in [0.15, 0.2) is 4.99 Å². The molecule has 3 N–H and O–H groups in total. The Morgan fingerprint density at radius 2 is 1.92 bits per heavy atom. The first kappa shape index (κ1) is 25.9. The average molecular weight is 484 g/mol. The Bertz CT molecular complexity index is 377. The van der Waals surface area contributed by atoms with Crippen LogP contribution in [0.2, 0.25) is 0 Å². The van der Waals surface area contributed by atoms with Crippen LogP contribution in [0.4, 0.5) is 0 Å². The van der Waals surface area contributed by atoms with Gasteiger partial charge in [0.2, 0.25) is 0 Å². The highest BCUT2D eigenvalue weighted by atomic mass is 127. The molecule has 0 aromatic heterocycles. The lowest BCUT2D eigenvalue weighted by Crippen LogP contribution is -2.46. The van der Waals surface area contributed by atoms with E-state index in [1.54, 1.807) is 7.11 Å². The zero-order chi connectivity index (χ0) is 18.5. The molecule has 0 radical (unpaired) electrons. The summed E-state index contributed by atoms with van der Waals surface area (Å²) in [5, 5.41) is 17.5. The number of halogens is 1. The molecule has 1 heterocycles. The van der Waals surface area contributed by atoms with E-state index in [0.717, 1.165) is 64.4 Å². The zero-order valence-electron chi connectivity index (χ0n) is 17.2.